The van der Waals surface area contributed by atoms with Crippen molar-refractivity contribution in [2.75, 3.05) is 45.9 Å². The molecule has 0 aliphatic carbocycles. The average Bonchev–Trinajstić information content (AvgIpc) is 2.53. The number of carbonyl (C=O) groups is 1. The van der Waals surface area contributed by atoms with Crippen LogP contribution in [0.15, 0.2) is 4.99 Å². The van der Waals surface area contributed by atoms with Crippen molar-refractivity contribution < 1.29 is 9.53 Å². The highest BCUT2D eigenvalue weighted by Crippen LogP contribution is 2.14. The maximum absolute atomic E-state index is 11.4. The van der Waals surface area contributed by atoms with Gasteiger partial charge in [-0.1, -0.05) is 13.8 Å². The fourth-order valence-electron chi connectivity index (χ4n) is 2.59. The zero-order chi connectivity index (χ0) is 18.2. The van der Waals surface area contributed by atoms with Crippen LogP contribution < -0.4 is 16.4 Å². The molecule has 1 saturated heterocycles. The van der Waals surface area contributed by atoms with E-state index in [2.05, 4.69) is 34.4 Å². The fraction of sp³-hybridized carbons (Fsp3) is 0.882. The third-order valence-corrected chi connectivity index (χ3v) is 4.41. The second kappa shape index (κ2) is 11.9. The second-order valence-electron chi connectivity index (χ2n) is 7.28. The molecule has 1 aliphatic heterocycles. The highest BCUT2D eigenvalue weighted by Gasteiger charge is 2.26. The molecule has 25 heavy (non-hydrogen) atoms. The number of ether oxygens (including phenoxy) is 1. The molecule has 1 amide bonds. The summed E-state index contributed by atoms with van der Waals surface area (Å²) in [6.45, 7) is 15.6. The van der Waals surface area contributed by atoms with Crippen molar-refractivity contribution in [1.29, 1.82) is 0 Å². The smallest absolute Gasteiger partial charge is 0.224 e. The highest BCUT2D eigenvalue weighted by molar-refractivity contribution is 14.0. The van der Waals surface area contributed by atoms with E-state index in [0.29, 0.717) is 18.5 Å². The molecule has 0 aromatic heterocycles. The van der Waals surface area contributed by atoms with Gasteiger partial charge in [-0.3, -0.25) is 14.7 Å². The van der Waals surface area contributed by atoms with Gasteiger partial charge in [0.15, 0.2) is 5.96 Å². The number of nitrogens with zero attached hydrogens (tertiary/aromatic N) is 2. The number of guanidine groups is 1. The van der Waals surface area contributed by atoms with Crippen LogP contribution in [0.25, 0.3) is 0 Å². The third kappa shape index (κ3) is 8.54. The van der Waals surface area contributed by atoms with E-state index in [9.17, 15) is 4.79 Å². The van der Waals surface area contributed by atoms with Crippen molar-refractivity contribution in [2.24, 2.45) is 22.1 Å². The number of hydrogen-bond acceptors (Lipinski definition) is 4. The number of rotatable bonds is 8. The summed E-state index contributed by atoms with van der Waals surface area (Å²) in [6.07, 6.45) is 0. The molecule has 1 rings (SSSR count). The minimum Gasteiger partial charge on any atom is -0.379 e. The van der Waals surface area contributed by atoms with Crippen LogP contribution in [-0.4, -0.2) is 68.7 Å². The summed E-state index contributed by atoms with van der Waals surface area (Å²) >= 11 is 0. The minimum atomic E-state index is -0.649. The third-order valence-electron chi connectivity index (χ3n) is 4.41. The highest BCUT2D eigenvalue weighted by atomic mass is 127. The van der Waals surface area contributed by atoms with E-state index >= 15 is 0 Å². The monoisotopic (exact) mass is 469 g/mol. The lowest BCUT2D eigenvalue weighted by Crippen LogP contribution is -2.52. The number of amides is 1. The first-order valence-corrected chi connectivity index (χ1v) is 8.91. The van der Waals surface area contributed by atoms with E-state index in [1.165, 1.54) is 0 Å². The topological polar surface area (TPSA) is 92.0 Å². The predicted molar refractivity (Wildman–Crippen MR) is 113 cm³/mol. The van der Waals surface area contributed by atoms with Crippen LogP contribution in [0.5, 0.6) is 0 Å². The Morgan fingerprint density at radius 2 is 1.88 bits per heavy atom. The Morgan fingerprint density at radius 1 is 1.28 bits per heavy atom. The number of aliphatic imine (C=N–C) groups is 1. The van der Waals surface area contributed by atoms with Gasteiger partial charge in [-0.15, -0.1) is 24.0 Å². The lowest BCUT2D eigenvalue weighted by Gasteiger charge is -2.37. The fourth-order valence-corrected chi connectivity index (χ4v) is 2.59. The van der Waals surface area contributed by atoms with Gasteiger partial charge in [-0.2, -0.15) is 0 Å². The van der Waals surface area contributed by atoms with Crippen LogP contribution in [0.3, 0.4) is 0 Å². The van der Waals surface area contributed by atoms with Crippen LogP contribution >= 0.6 is 24.0 Å². The summed E-state index contributed by atoms with van der Waals surface area (Å²) < 4.78 is 5.45. The number of primary amides is 1. The molecule has 7 nitrogen and oxygen atoms in total. The lowest BCUT2D eigenvalue weighted by atomic mass is 9.93. The summed E-state index contributed by atoms with van der Waals surface area (Å²) in [5, 5.41) is 6.65. The van der Waals surface area contributed by atoms with Crippen LogP contribution in [0.2, 0.25) is 0 Å². The molecule has 0 spiro atoms. The zero-order valence-electron chi connectivity index (χ0n) is 16.3. The van der Waals surface area contributed by atoms with Gasteiger partial charge in [-0.25, -0.2) is 0 Å². The summed E-state index contributed by atoms with van der Waals surface area (Å²) in [6, 6.07) is 0.418. The Morgan fingerprint density at radius 3 is 2.36 bits per heavy atom. The van der Waals surface area contributed by atoms with Crippen LogP contribution in [0.1, 0.15) is 34.6 Å². The van der Waals surface area contributed by atoms with E-state index in [-0.39, 0.29) is 29.9 Å². The van der Waals surface area contributed by atoms with E-state index < -0.39 is 5.41 Å². The van der Waals surface area contributed by atoms with E-state index in [1.54, 1.807) is 0 Å². The normalized spacial score (nSPS) is 17.8. The number of halogens is 1. The van der Waals surface area contributed by atoms with Gasteiger partial charge in [0, 0.05) is 32.2 Å². The van der Waals surface area contributed by atoms with Crippen molar-refractivity contribution in [3.63, 3.8) is 0 Å². The molecule has 0 radical (unpaired) electrons. The summed E-state index contributed by atoms with van der Waals surface area (Å²) in [5.74, 6) is 0.918. The van der Waals surface area contributed by atoms with Crippen LogP contribution in [0.4, 0.5) is 0 Å². The molecule has 0 saturated carbocycles. The average molecular weight is 469 g/mol. The molecule has 1 fully saturated rings. The van der Waals surface area contributed by atoms with Crippen molar-refractivity contribution in [2.45, 2.75) is 40.7 Å². The van der Waals surface area contributed by atoms with Crippen molar-refractivity contribution in [1.82, 2.24) is 15.5 Å². The first kappa shape index (κ1) is 24.4. The Bertz CT molecular complexity index is 423. The second-order valence-corrected chi connectivity index (χ2v) is 7.28. The van der Waals surface area contributed by atoms with Crippen LogP contribution in [-0.2, 0) is 9.53 Å². The first-order valence-electron chi connectivity index (χ1n) is 8.91. The van der Waals surface area contributed by atoms with Gasteiger partial charge < -0.3 is 21.1 Å². The molecule has 1 heterocycles. The number of nitrogens with one attached hydrogen (secondary N) is 2. The Labute approximate surface area is 169 Å². The number of morpholine rings is 1. The first-order chi connectivity index (χ1) is 11.3. The Kier molecular flexibility index (Phi) is 11.6. The number of hydrogen-bond donors (Lipinski definition) is 3. The zero-order valence-corrected chi connectivity index (χ0v) is 18.6. The molecular weight excluding hydrogens is 433 g/mol. The Balaban J connectivity index is 0.00000576. The number of carbonyl (C=O) groups excluding carboxylic acids is 1. The summed E-state index contributed by atoms with van der Waals surface area (Å²) in [7, 11) is 0. The van der Waals surface area contributed by atoms with Gasteiger partial charge in [-0.05, 0) is 26.7 Å². The molecule has 0 bridgehead atoms. The van der Waals surface area contributed by atoms with Gasteiger partial charge in [0.25, 0.3) is 0 Å². The van der Waals surface area contributed by atoms with Gasteiger partial charge in [0.05, 0.1) is 25.2 Å². The summed E-state index contributed by atoms with van der Waals surface area (Å²) in [4.78, 5) is 18.5. The molecular formula is C17H36IN5O2. The van der Waals surface area contributed by atoms with E-state index in [4.69, 9.17) is 10.5 Å². The standard InChI is InChI=1S/C17H35N5O2.HI/c1-6-19-16(21-12-17(4,5)15(18)23)20-11-14(13(2)3)22-7-9-24-10-8-22;/h13-14H,6-12H2,1-5H3,(H2,18,23)(H2,19,20,21);1H. The largest absolute Gasteiger partial charge is 0.379 e. The molecule has 0 aromatic rings. The molecule has 148 valence electrons. The summed E-state index contributed by atoms with van der Waals surface area (Å²) in [5.41, 5.74) is 4.77. The predicted octanol–water partition coefficient (Wildman–Crippen LogP) is 1.03. The molecule has 1 aliphatic rings. The van der Waals surface area contributed by atoms with Gasteiger partial charge >= 0.3 is 0 Å². The molecule has 8 heteroatoms. The van der Waals surface area contributed by atoms with Crippen molar-refractivity contribution in [3.05, 3.63) is 0 Å². The molecule has 4 N–H and O–H groups in total. The molecule has 1 atom stereocenters. The maximum Gasteiger partial charge on any atom is 0.224 e. The van der Waals surface area contributed by atoms with Crippen molar-refractivity contribution >= 4 is 35.8 Å². The number of nitrogens with two attached hydrogens (primary N) is 1. The molecule has 1 unspecified atom stereocenters. The van der Waals surface area contributed by atoms with E-state index in [0.717, 1.165) is 45.4 Å². The SMILES string of the molecule is CCNC(=NCC(C)(C)C(N)=O)NCC(C(C)C)N1CCOCC1.I. The van der Waals surface area contributed by atoms with Crippen molar-refractivity contribution in [3.8, 4) is 0 Å². The molecule has 0 aromatic carbocycles. The lowest BCUT2D eigenvalue weighted by molar-refractivity contribution is -0.125. The van der Waals surface area contributed by atoms with Gasteiger partial charge in [0.1, 0.15) is 0 Å². The Hall–Kier alpha value is -0.610. The van der Waals surface area contributed by atoms with Gasteiger partial charge in [0.2, 0.25) is 5.91 Å². The maximum atomic E-state index is 11.4. The van der Waals surface area contributed by atoms with Crippen LogP contribution in [0, 0.1) is 11.3 Å². The minimum absolute atomic E-state index is 0. The quantitative estimate of drug-likeness (QED) is 0.281. The van der Waals surface area contributed by atoms with E-state index in [1.807, 2.05) is 20.8 Å².